The van der Waals surface area contributed by atoms with Crippen molar-refractivity contribution < 1.29 is 46.5 Å². The van der Waals surface area contributed by atoms with Crippen molar-refractivity contribution >= 4 is 18.1 Å². The molecule has 1 aliphatic heterocycles. The van der Waals surface area contributed by atoms with E-state index in [0.717, 1.165) is 12.8 Å². The molecular formula is C29H38F2N4O8. The molecule has 1 aromatic heterocycles. The summed E-state index contributed by atoms with van der Waals surface area (Å²) in [5.74, 6) is -0.0889. The topological polar surface area (TPSA) is 133 Å². The minimum Gasteiger partial charge on any atom is -0.489 e. The predicted molar refractivity (Wildman–Crippen MR) is 149 cm³/mol. The fourth-order valence-electron chi connectivity index (χ4n) is 4.57. The molecule has 1 aromatic carbocycles. The number of alkyl carbamates (subject to hydrolysis) is 1. The summed E-state index contributed by atoms with van der Waals surface area (Å²) in [6, 6.07) is 3.09. The van der Waals surface area contributed by atoms with Crippen LogP contribution in [-0.4, -0.2) is 84.5 Å². The molecule has 2 heterocycles. The van der Waals surface area contributed by atoms with E-state index in [1.165, 1.54) is 30.2 Å². The first-order valence-electron chi connectivity index (χ1n) is 14.1. The SMILES string of the molecule is COC(=O)N1CCN(C(=O)c2nc(-c3ccc(OC(F)F)c(OCC4CC4)c3)oc2[C@H](C)NC(=O)OC(C)(C)C)C[C@@H]1C. The second-order valence-corrected chi connectivity index (χ2v) is 11.7. The molecule has 12 nitrogen and oxygen atoms in total. The molecule has 1 saturated heterocycles. The summed E-state index contributed by atoms with van der Waals surface area (Å²) in [7, 11) is 1.30. The Kier molecular flexibility index (Phi) is 9.65. The van der Waals surface area contributed by atoms with E-state index in [2.05, 4.69) is 15.0 Å². The number of ether oxygens (including phenoxy) is 4. The number of halogens is 2. The molecule has 3 amide bonds. The van der Waals surface area contributed by atoms with Gasteiger partial charge in [0.1, 0.15) is 5.60 Å². The van der Waals surface area contributed by atoms with Crippen molar-refractivity contribution in [1.29, 1.82) is 0 Å². The Morgan fingerprint density at radius 1 is 1.16 bits per heavy atom. The van der Waals surface area contributed by atoms with Gasteiger partial charge in [-0.05, 0) is 71.6 Å². The summed E-state index contributed by atoms with van der Waals surface area (Å²) < 4.78 is 52.8. The predicted octanol–water partition coefficient (Wildman–Crippen LogP) is 5.23. The van der Waals surface area contributed by atoms with Crippen LogP contribution in [0.5, 0.6) is 11.5 Å². The van der Waals surface area contributed by atoms with Crippen LogP contribution in [-0.2, 0) is 9.47 Å². The normalized spacial score (nSPS) is 17.8. The van der Waals surface area contributed by atoms with E-state index >= 15 is 0 Å². The smallest absolute Gasteiger partial charge is 0.409 e. The van der Waals surface area contributed by atoms with Crippen LogP contribution in [0.2, 0.25) is 0 Å². The molecule has 2 aromatic rings. The molecule has 43 heavy (non-hydrogen) atoms. The first-order valence-corrected chi connectivity index (χ1v) is 14.1. The third-order valence-corrected chi connectivity index (χ3v) is 6.88. The minimum atomic E-state index is -3.05. The van der Waals surface area contributed by atoms with Crippen molar-refractivity contribution in [2.45, 2.75) is 71.8 Å². The van der Waals surface area contributed by atoms with E-state index in [-0.39, 0.29) is 54.5 Å². The number of methoxy groups -OCH3 is 1. The first kappa shape index (κ1) is 31.8. The molecular weight excluding hydrogens is 570 g/mol. The quantitative estimate of drug-likeness (QED) is 0.406. The van der Waals surface area contributed by atoms with E-state index in [4.69, 9.17) is 18.6 Å². The van der Waals surface area contributed by atoms with Gasteiger partial charge >= 0.3 is 18.8 Å². The Balaban J connectivity index is 1.66. The zero-order chi connectivity index (χ0) is 31.5. The molecule has 1 aliphatic carbocycles. The number of carbonyl (C=O) groups excluding carboxylic acids is 3. The average molecular weight is 609 g/mol. The number of benzene rings is 1. The second-order valence-electron chi connectivity index (χ2n) is 11.7. The highest BCUT2D eigenvalue weighted by Gasteiger charge is 2.35. The molecule has 1 saturated carbocycles. The number of hydrogen-bond acceptors (Lipinski definition) is 9. The molecule has 2 aliphatic rings. The summed E-state index contributed by atoms with van der Waals surface area (Å²) in [5, 5.41) is 2.67. The van der Waals surface area contributed by atoms with Crippen LogP contribution in [0.15, 0.2) is 22.6 Å². The van der Waals surface area contributed by atoms with E-state index in [1.54, 1.807) is 39.5 Å². The Hall–Kier alpha value is -4.10. The summed E-state index contributed by atoms with van der Waals surface area (Å²) in [6.45, 7) is 6.54. The summed E-state index contributed by atoms with van der Waals surface area (Å²) in [6.07, 6.45) is 0.780. The number of carbonyl (C=O) groups is 3. The average Bonchev–Trinajstić information content (AvgIpc) is 3.65. The third kappa shape index (κ3) is 8.26. The van der Waals surface area contributed by atoms with Crippen LogP contribution < -0.4 is 14.8 Å². The third-order valence-electron chi connectivity index (χ3n) is 6.88. The van der Waals surface area contributed by atoms with Crippen molar-refractivity contribution in [3.8, 4) is 23.0 Å². The van der Waals surface area contributed by atoms with Crippen LogP contribution in [0.4, 0.5) is 18.4 Å². The lowest BCUT2D eigenvalue weighted by Gasteiger charge is -2.38. The molecule has 236 valence electrons. The van der Waals surface area contributed by atoms with Gasteiger partial charge in [0.2, 0.25) is 5.89 Å². The van der Waals surface area contributed by atoms with Gasteiger partial charge < -0.3 is 38.5 Å². The number of oxazole rings is 1. The molecule has 0 spiro atoms. The van der Waals surface area contributed by atoms with Crippen LogP contribution >= 0.6 is 0 Å². The van der Waals surface area contributed by atoms with E-state index < -0.39 is 36.3 Å². The first-order chi connectivity index (χ1) is 20.3. The molecule has 2 fully saturated rings. The summed E-state index contributed by atoms with van der Waals surface area (Å²) in [4.78, 5) is 46.0. The number of nitrogens with one attached hydrogen (secondary N) is 1. The fourth-order valence-corrected chi connectivity index (χ4v) is 4.57. The van der Waals surface area contributed by atoms with Gasteiger partial charge in [-0.2, -0.15) is 8.78 Å². The maximum atomic E-state index is 13.8. The standard InChI is InChI=1S/C29H38F2N4O8/c1-16-14-34(11-12-35(16)28(38)39-6)25(36)22-23(17(2)32-27(37)43-29(3,4)5)42-24(33-22)19-9-10-20(41-26(30)31)21(13-19)40-15-18-7-8-18/h9-10,13,16-18,26H,7-8,11-12,14-15H2,1-6H3,(H,32,37)/t16-,17-/m0/s1. The minimum absolute atomic E-state index is 0.0114. The van der Waals surface area contributed by atoms with E-state index in [0.29, 0.717) is 18.1 Å². The van der Waals surface area contributed by atoms with Crippen molar-refractivity contribution in [3.63, 3.8) is 0 Å². The monoisotopic (exact) mass is 608 g/mol. The van der Waals surface area contributed by atoms with Gasteiger partial charge in [-0.25, -0.2) is 14.6 Å². The van der Waals surface area contributed by atoms with Gasteiger partial charge in [0.15, 0.2) is 23.0 Å². The van der Waals surface area contributed by atoms with Crippen molar-refractivity contribution in [2.24, 2.45) is 5.92 Å². The lowest BCUT2D eigenvalue weighted by atomic mass is 10.1. The zero-order valence-corrected chi connectivity index (χ0v) is 25.1. The number of nitrogens with zero attached hydrogens (tertiary/aromatic N) is 3. The lowest BCUT2D eigenvalue weighted by molar-refractivity contribution is -0.0515. The van der Waals surface area contributed by atoms with Gasteiger partial charge in [0.05, 0.1) is 19.8 Å². The fraction of sp³-hybridized carbons (Fsp3) is 0.586. The second kappa shape index (κ2) is 13.0. The Bertz CT molecular complexity index is 1320. The maximum absolute atomic E-state index is 13.8. The number of hydrogen-bond donors (Lipinski definition) is 1. The Morgan fingerprint density at radius 2 is 1.88 bits per heavy atom. The Morgan fingerprint density at radius 3 is 2.49 bits per heavy atom. The van der Waals surface area contributed by atoms with Crippen molar-refractivity contribution in [3.05, 3.63) is 29.7 Å². The maximum Gasteiger partial charge on any atom is 0.409 e. The molecule has 0 bridgehead atoms. The highest BCUT2D eigenvalue weighted by molar-refractivity contribution is 5.94. The van der Waals surface area contributed by atoms with Crippen LogP contribution in [0.25, 0.3) is 11.5 Å². The molecule has 2 atom stereocenters. The molecule has 4 rings (SSSR count). The molecule has 1 N–H and O–H groups in total. The summed E-state index contributed by atoms with van der Waals surface area (Å²) >= 11 is 0. The highest BCUT2D eigenvalue weighted by Crippen LogP contribution is 2.37. The number of alkyl halides is 2. The molecule has 0 unspecified atom stereocenters. The summed E-state index contributed by atoms with van der Waals surface area (Å²) in [5.41, 5.74) is -0.463. The van der Waals surface area contributed by atoms with Gasteiger partial charge in [0, 0.05) is 31.2 Å². The van der Waals surface area contributed by atoms with Gasteiger partial charge in [-0.1, -0.05) is 0 Å². The number of piperazine rings is 1. The number of aromatic nitrogens is 1. The van der Waals surface area contributed by atoms with Crippen LogP contribution in [0, 0.1) is 5.92 Å². The number of rotatable bonds is 9. The van der Waals surface area contributed by atoms with E-state index in [1.807, 2.05) is 0 Å². The van der Waals surface area contributed by atoms with Crippen molar-refractivity contribution in [2.75, 3.05) is 33.4 Å². The van der Waals surface area contributed by atoms with Crippen LogP contribution in [0.1, 0.15) is 69.8 Å². The van der Waals surface area contributed by atoms with Gasteiger partial charge in [-0.15, -0.1) is 0 Å². The lowest BCUT2D eigenvalue weighted by Crippen LogP contribution is -2.55. The van der Waals surface area contributed by atoms with Gasteiger partial charge in [-0.3, -0.25) is 4.79 Å². The van der Waals surface area contributed by atoms with Gasteiger partial charge in [0.25, 0.3) is 5.91 Å². The number of amides is 3. The molecule has 0 radical (unpaired) electrons. The molecule has 14 heteroatoms. The van der Waals surface area contributed by atoms with Crippen LogP contribution in [0.3, 0.4) is 0 Å². The zero-order valence-electron chi connectivity index (χ0n) is 25.1. The highest BCUT2D eigenvalue weighted by atomic mass is 19.3. The van der Waals surface area contributed by atoms with Crippen molar-refractivity contribution in [1.82, 2.24) is 20.1 Å². The van der Waals surface area contributed by atoms with E-state index in [9.17, 15) is 23.2 Å². The largest absolute Gasteiger partial charge is 0.489 e. The Labute approximate surface area is 248 Å².